The number of pyridine rings is 1. The van der Waals surface area contributed by atoms with Crippen molar-refractivity contribution in [1.29, 1.82) is 0 Å². The van der Waals surface area contributed by atoms with Gasteiger partial charge in [-0.3, -0.25) is 4.98 Å². The largest absolute Gasteiger partial charge is 0.397 e. The number of hydrogen-bond donors (Lipinski definition) is 2. The molecule has 20 heavy (non-hydrogen) atoms. The minimum Gasteiger partial charge on any atom is -0.397 e. The SMILES string of the molecule is Cc1ccc(CNS(=O)(=O)c2ccc(Cl)c(N)c2)cn1. The lowest BCUT2D eigenvalue weighted by Gasteiger charge is -2.08. The van der Waals surface area contributed by atoms with Gasteiger partial charge in [0.2, 0.25) is 10.0 Å². The van der Waals surface area contributed by atoms with Crippen LogP contribution in [0.15, 0.2) is 41.4 Å². The highest BCUT2D eigenvalue weighted by Gasteiger charge is 2.14. The number of nitrogens with one attached hydrogen (secondary N) is 1. The average molecular weight is 312 g/mol. The minimum atomic E-state index is -3.62. The van der Waals surface area contributed by atoms with Crippen LogP contribution in [0, 0.1) is 6.92 Å². The first kappa shape index (κ1) is 14.8. The molecule has 5 nitrogen and oxygen atoms in total. The molecule has 1 heterocycles. The summed E-state index contributed by atoms with van der Waals surface area (Å²) in [7, 11) is -3.62. The van der Waals surface area contributed by atoms with Crippen molar-refractivity contribution in [3.8, 4) is 0 Å². The summed E-state index contributed by atoms with van der Waals surface area (Å²) in [5.74, 6) is 0. The summed E-state index contributed by atoms with van der Waals surface area (Å²) in [6.07, 6.45) is 1.63. The fourth-order valence-corrected chi connectivity index (χ4v) is 2.72. The first-order valence-corrected chi connectivity index (χ1v) is 7.71. The molecule has 3 N–H and O–H groups in total. The molecule has 0 bridgehead atoms. The predicted octanol–water partition coefficient (Wildman–Crippen LogP) is 2.10. The highest BCUT2D eigenvalue weighted by molar-refractivity contribution is 7.89. The van der Waals surface area contributed by atoms with Crippen molar-refractivity contribution in [2.45, 2.75) is 18.4 Å². The van der Waals surface area contributed by atoms with Crippen molar-refractivity contribution >= 4 is 27.3 Å². The summed E-state index contributed by atoms with van der Waals surface area (Å²) >= 11 is 5.77. The van der Waals surface area contributed by atoms with Crippen LogP contribution in [0.5, 0.6) is 0 Å². The Kier molecular flexibility index (Phi) is 4.27. The van der Waals surface area contributed by atoms with Crippen molar-refractivity contribution in [2.75, 3.05) is 5.73 Å². The van der Waals surface area contributed by atoms with Crippen LogP contribution in [0.3, 0.4) is 0 Å². The summed E-state index contributed by atoms with van der Waals surface area (Å²) in [6.45, 7) is 2.03. The number of sulfonamides is 1. The van der Waals surface area contributed by atoms with E-state index in [4.69, 9.17) is 17.3 Å². The molecule has 0 aliphatic heterocycles. The number of nitrogen functional groups attached to an aromatic ring is 1. The van der Waals surface area contributed by atoms with Crippen molar-refractivity contribution in [3.05, 3.63) is 52.8 Å². The first-order chi connectivity index (χ1) is 9.38. The van der Waals surface area contributed by atoms with Crippen LogP contribution in [0.25, 0.3) is 0 Å². The van der Waals surface area contributed by atoms with Crippen LogP contribution in [-0.4, -0.2) is 13.4 Å². The molecule has 0 unspecified atom stereocenters. The lowest BCUT2D eigenvalue weighted by Crippen LogP contribution is -2.23. The van der Waals surface area contributed by atoms with E-state index < -0.39 is 10.0 Å². The Morgan fingerprint density at radius 1 is 1.30 bits per heavy atom. The van der Waals surface area contributed by atoms with E-state index in [1.54, 1.807) is 6.20 Å². The zero-order chi connectivity index (χ0) is 14.8. The molecule has 0 fully saturated rings. The van der Waals surface area contributed by atoms with Gasteiger partial charge in [-0.15, -0.1) is 0 Å². The van der Waals surface area contributed by atoms with Crippen LogP contribution in [0.1, 0.15) is 11.3 Å². The maximum atomic E-state index is 12.1. The number of aromatic nitrogens is 1. The van der Waals surface area contributed by atoms with E-state index in [1.807, 2.05) is 19.1 Å². The van der Waals surface area contributed by atoms with Crippen molar-refractivity contribution in [2.24, 2.45) is 0 Å². The van der Waals surface area contributed by atoms with Gasteiger partial charge < -0.3 is 5.73 Å². The highest BCUT2D eigenvalue weighted by Crippen LogP contribution is 2.22. The third-order valence-electron chi connectivity index (χ3n) is 2.72. The average Bonchev–Trinajstić information content (AvgIpc) is 2.41. The van der Waals surface area contributed by atoms with Gasteiger partial charge in [-0.1, -0.05) is 17.7 Å². The molecule has 0 atom stereocenters. The maximum absolute atomic E-state index is 12.1. The fraction of sp³-hybridized carbons (Fsp3) is 0.154. The number of halogens is 1. The van der Waals surface area contributed by atoms with Gasteiger partial charge in [-0.25, -0.2) is 13.1 Å². The molecule has 106 valence electrons. The Morgan fingerprint density at radius 2 is 2.05 bits per heavy atom. The lowest BCUT2D eigenvalue weighted by atomic mass is 10.2. The van der Waals surface area contributed by atoms with Gasteiger partial charge in [0.25, 0.3) is 0 Å². The van der Waals surface area contributed by atoms with Crippen LogP contribution < -0.4 is 10.5 Å². The number of nitrogens with zero attached hydrogens (tertiary/aromatic N) is 1. The Balaban J connectivity index is 2.14. The maximum Gasteiger partial charge on any atom is 0.240 e. The topological polar surface area (TPSA) is 85.1 Å². The van der Waals surface area contributed by atoms with Gasteiger partial charge in [0.05, 0.1) is 15.6 Å². The first-order valence-electron chi connectivity index (χ1n) is 5.85. The van der Waals surface area contributed by atoms with E-state index in [-0.39, 0.29) is 17.1 Å². The molecule has 0 radical (unpaired) electrons. The van der Waals surface area contributed by atoms with Crippen molar-refractivity contribution < 1.29 is 8.42 Å². The van der Waals surface area contributed by atoms with Gasteiger partial charge in [0, 0.05) is 18.4 Å². The molecule has 1 aromatic heterocycles. The minimum absolute atomic E-state index is 0.0828. The summed E-state index contributed by atoms with van der Waals surface area (Å²) in [5.41, 5.74) is 7.49. The Labute approximate surface area is 122 Å². The van der Waals surface area contributed by atoms with Gasteiger partial charge in [-0.2, -0.15) is 0 Å². The monoisotopic (exact) mass is 311 g/mol. The predicted molar refractivity (Wildman–Crippen MR) is 78.9 cm³/mol. The summed E-state index contributed by atoms with van der Waals surface area (Å²) in [6, 6.07) is 7.84. The second-order valence-electron chi connectivity index (χ2n) is 4.32. The van der Waals surface area contributed by atoms with Crippen LogP contribution in [-0.2, 0) is 16.6 Å². The van der Waals surface area contributed by atoms with E-state index >= 15 is 0 Å². The van der Waals surface area contributed by atoms with Crippen LogP contribution in [0.2, 0.25) is 5.02 Å². The number of aryl methyl sites for hydroxylation is 1. The normalized spacial score (nSPS) is 11.5. The molecule has 0 amide bonds. The van der Waals surface area contributed by atoms with Crippen LogP contribution >= 0.6 is 11.6 Å². The second-order valence-corrected chi connectivity index (χ2v) is 6.49. The molecule has 0 aliphatic rings. The molecule has 7 heteroatoms. The molecule has 1 aromatic carbocycles. The van der Waals surface area contributed by atoms with E-state index in [9.17, 15) is 8.42 Å². The molecule has 2 aromatic rings. The number of nitrogens with two attached hydrogens (primary N) is 1. The highest BCUT2D eigenvalue weighted by atomic mass is 35.5. The zero-order valence-corrected chi connectivity index (χ0v) is 12.4. The molecule has 0 spiro atoms. The fourth-order valence-electron chi connectivity index (χ4n) is 1.55. The number of benzene rings is 1. The number of hydrogen-bond acceptors (Lipinski definition) is 4. The summed E-state index contributed by atoms with van der Waals surface area (Å²) in [5, 5.41) is 0.326. The van der Waals surface area contributed by atoms with E-state index in [0.29, 0.717) is 5.02 Å². The third-order valence-corrected chi connectivity index (χ3v) is 4.46. The Bertz CT molecular complexity index is 715. The number of rotatable bonds is 4. The smallest absolute Gasteiger partial charge is 0.240 e. The third kappa shape index (κ3) is 3.47. The molecule has 0 aliphatic carbocycles. The molecule has 0 saturated heterocycles. The van der Waals surface area contributed by atoms with Gasteiger partial charge in [0.15, 0.2) is 0 Å². The zero-order valence-electron chi connectivity index (χ0n) is 10.8. The Hall–Kier alpha value is -1.63. The summed E-state index contributed by atoms with van der Waals surface area (Å²) < 4.78 is 26.7. The molecular weight excluding hydrogens is 298 g/mol. The molecule has 0 saturated carbocycles. The van der Waals surface area contributed by atoms with Crippen LogP contribution in [0.4, 0.5) is 5.69 Å². The van der Waals surface area contributed by atoms with Gasteiger partial charge >= 0.3 is 0 Å². The summed E-state index contributed by atoms with van der Waals surface area (Å²) in [4.78, 5) is 4.19. The van der Waals surface area contributed by atoms with Crippen molar-refractivity contribution in [1.82, 2.24) is 9.71 Å². The molecular formula is C13H14ClN3O2S. The van der Waals surface area contributed by atoms with E-state index in [2.05, 4.69) is 9.71 Å². The van der Waals surface area contributed by atoms with E-state index in [1.165, 1.54) is 18.2 Å². The number of anilines is 1. The van der Waals surface area contributed by atoms with Crippen molar-refractivity contribution in [3.63, 3.8) is 0 Å². The molecule has 2 rings (SSSR count). The standard InChI is InChI=1S/C13H14ClN3O2S/c1-9-2-3-10(7-16-9)8-17-20(18,19)11-4-5-12(14)13(15)6-11/h2-7,17H,8,15H2,1H3. The lowest BCUT2D eigenvalue weighted by molar-refractivity contribution is 0.581. The van der Waals surface area contributed by atoms with E-state index in [0.717, 1.165) is 11.3 Å². The van der Waals surface area contributed by atoms with Gasteiger partial charge in [-0.05, 0) is 36.8 Å². The Morgan fingerprint density at radius 3 is 2.65 bits per heavy atom. The quantitative estimate of drug-likeness (QED) is 0.847. The second kappa shape index (κ2) is 5.78. The van der Waals surface area contributed by atoms with Gasteiger partial charge in [0.1, 0.15) is 0 Å².